The van der Waals surface area contributed by atoms with Gasteiger partial charge in [0, 0.05) is 4.90 Å². The Kier molecular flexibility index (Phi) is 4.59. The SMILES string of the molecule is CCSCc1nnc2sc(CSc3ccccc3)nn12. The standard InChI is InChI=1S/C13H14N4S3/c1-2-18-8-11-14-15-13-17(11)16-12(20-13)9-19-10-6-4-3-5-7-10/h3-7H,2,8-9H2,1H3. The molecule has 104 valence electrons. The van der Waals surface area contributed by atoms with Crippen LogP contribution in [-0.2, 0) is 11.5 Å². The Labute approximate surface area is 130 Å². The normalized spacial score (nSPS) is 11.2. The van der Waals surface area contributed by atoms with E-state index < -0.39 is 0 Å². The highest BCUT2D eigenvalue weighted by Gasteiger charge is 2.11. The minimum absolute atomic E-state index is 0.868. The highest BCUT2D eigenvalue weighted by molar-refractivity contribution is 7.98. The van der Waals surface area contributed by atoms with Gasteiger partial charge in [-0.3, -0.25) is 0 Å². The summed E-state index contributed by atoms with van der Waals surface area (Å²) in [6.45, 7) is 2.14. The zero-order valence-corrected chi connectivity index (χ0v) is 13.5. The molecule has 0 N–H and O–H groups in total. The average Bonchev–Trinajstić information content (AvgIpc) is 3.04. The summed E-state index contributed by atoms with van der Waals surface area (Å²) in [6.07, 6.45) is 0. The zero-order valence-electron chi connectivity index (χ0n) is 11.0. The van der Waals surface area contributed by atoms with Gasteiger partial charge in [0.2, 0.25) is 4.96 Å². The van der Waals surface area contributed by atoms with E-state index in [1.54, 1.807) is 23.1 Å². The Hall–Kier alpha value is -1.05. The van der Waals surface area contributed by atoms with Gasteiger partial charge in [0.1, 0.15) is 5.01 Å². The molecule has 0 aliphatic rings. The number of hydrogen-bond donors (Lipinski definition) is 0. The van der Waals surface area contributed by atoms with Crippen molar-refractivity contribution in [1.29, 1.82) is 0 Å². The van der Waals surface area contributed by atoms with Gasteiger partial charge in [-0.2, -0.15) is 21.4 Å². The molecule has 2 heterocycles. The second-order valence-electron chi connectivity index (χ2n) is 4.05. The molecule has 0 atom stereocenters. The molecular weight excluding hydrogens is 308 g/mol. The van der Waals surface area contributed by atoms with Crippen LogP contribution in [0.4, 0.5) is 0 Å². The topological polar surface area (TPSA) is 43.1 Å². The molecule has 0 bridgehead atoms. The third-order valence-corrected chi connectivity index (χ3v) is 5.61. The number of hydrogen-bond acceptors (Lipinski definition) is 6. The smallest absolute Gasteiger partial charge is 0.186 e. The maximum Gasteiger partial charge on any atom is 0.234 e. The fourth-order valence-corrected chi connectivity index (χ4v) is 4.02. The first-order valence-electron chi connectivity index (χ1n) is 6.32. The van der Waals surface area contributed by atoms with Gasteiger partial charge in [0.25, 0.3) is 0 Å². The molecule has 2 aromatic heterocycles. The van der Waals surface area contributed by atoms with Gasteiger partial charge < -0.3 is 0 Å². The molecule has 0 amide bonds. The van der Waals surface area contributed by atoms with Crippen LogP contribution in [0.1, 0.15) is 17.8 Å². The van der Waals surface area contributed by atoms with Crippen LogP contribution in [0, 0.1) is 0 Å². The number of rotatable bonds is 6. The highest BCUT2D eigenvalue weighted by atomic mass is 32.2. The third kappa shape index (κ3) is 3.16. The Morgan fingerprint density at radius 1 is 1.15 bits per heavy atom. The Bertz CT molecular complexity index is 677. The predicted molar refractivity (Wildman–Crippen MR) is 86.5 cm³/mol. The molecule has 3 rings (SSSR count). The lowest BCUT2D eigenvalue weighted by molar-refractivity contribution is 0.866. The Morgan fingerprint density at radius 3 is 2.80 bits per heavy atom. The van der Waals surface area contributed by atoms with Crippen LogP contribution in [-0.4, -0.2) is 25.6 Å². The predicted octanol–water partition coefficient (Wildman–Crippen LogP) is 3.73. The summed E-state index contributed by atoms with van der Waals surface area (Å²) in [5.74, 6) is 3.76. The third-order valence-electron chi connectivity index (χ3n) is 2.64. The Balaban J connectivity index is 1.71. The lowest BCUT2D eigenvalue weighted by Gasteiger charge is -1.97. The first kappa shape index (κ1) is 13.9. The Morgan fingerprint density at radius 2 is 2.00 bits per heavy atom. The lowest BCUT2D eigenvalue weighted by atomic mass is 10.4. The van der Waals surface area contributed by atoms with Gasteiger partial charge in [-0.05, 0) is 17.9 Å². The van der Waals surface area contributed by atoms with Gasteiger partial charge in [-0.15, -0.1) is 22.0 Å². The molecule has 0 aliphatic carbocycles. The van der Waals surface area contributed by atoms with Crippen LogP contribution in [0.3, 0.4) is 0 Å². The molecule has 0 radical (unpaired) electrons. The number of aromatic nitrogens is 4. The van der Waals surface area contributed by atoms with Gasteiger partial charge in [-0.25, -0.2) is 0 Å². The summed E-state index contributed by atoms with van der Waals surface area (Å²) in [5, 5.41) is 14.1. The van der Waals surface area contributed by atoms with Gasteiger partial charge >= 0.3 is 0 Å². The van der Waals surface area contributed by atoms with E-state index in [2.05, 4.69) is 46.5 Å². The fraction of sp³-hybridized carbons (Fsp3) is 0.308. The van der Waals surface area contributed by atoms with Gasteiger partial charge in [0.05, 0.1) is 11.5 Å². The van der Waals surface area contributed by atoms with Crippen LogP contribution in [0.5, 0.6) is 0 Å². The largest absolute Gasteiger partial charge is 0.234 e. The van der Waals surface area contributed by atoms with Crippen molar-refractivity contribution in [3.05, 3.63) is 41.2 Å². The molecule has 20 heavy (non-hydrogen) atoms. The van der Waals surface area contributed by atoms with Crippen LogP contribution < -0.4 is 0 Å². The summed E-state index contributed by atoms with van der Waals surface area (Å²) in [5.41, 5.74) is 0. The van der Waals surface area contributed by atoms with Crippen LogP contribution >= 0.6 is 34.9 Å². The van der Waals surface area contributed by atoms with E-state index >= 15 is 0 Å². The number of nitrogens with zero attached hydrogens (tertiary/aromatic N) is 4. The van der Waals surface area contributed by atoms with Crippen LogP contribution in [0.2, 0.25) is 0 Å². The number of benzene rings is 1. The molecule has 4 nitrogen and oxygen atoms in total. The first-order chi connectivity index (χ1) is 9.86. The van der Waals surface area contributed by atoms with Crippen molar-refractivity contribution < 1.29 is 0 Å². The van der Waals surface area contributed by atoms with E-state index in [-0.39, 0.29) is 0 Å². The molecular formula is C13H14N4S3. The van der Waals surface area contributed by atoms with Crippen molar-refractivity contribution in [2.24, 2.45) is 0 Å². The molecule has 0 saturated carbocycles. The van der Waals surface area contributed by atoms with Crippen molar-refractivity contribution in [2.75, 3.05) is 5.75 Å². The fourth-order valence-electron chi connectivity index (χ4n) is 1.70. The van der Waals surface area contributed by atoms with E-state index in [0.717, 1.165) is 33.1 Å². The number of fused-ring (bicyclic) bond motifs is 1. The van der Waals surface area contributed by atoms with Crippen molar-refractivity contribution in [2.45, 2.75) is 23.3 Å². The molecule has 0 fully saturated rings. The summed E-state index contributed by atoms with van der Waals surface area (Å²) < 4.78 is 1.88. The van der Waals surface area contributed by atoms with E-state index in [1.807, 2.05) is 22.3 Å². The van der Waals surface area contributed by atoms with E-state index in [1.165, 1.54) is 4.90 Å². The maximum atomic E-state index is 4.62. The van der Waals surface area contributed by atoms with Gasteiger partial charge in [-0.1, -0.05) is 36.5 Å². The molecule has 7 heteroatoms. The van der Waals surface area contributed by atoms with Crippen molar-refractivity contribution in [3.8, 4) is 0 Å². The molecule has 3 aromatic rings. The minimum atomic E-state index is 0.868. The van der Waals surface area contributed by atoms with E-state index in [9.17, 15) is 0 Å². The van der Waals surface area contributed by atoms with Crippen molar-refractivity contribution in [3.63, 3.8) is 0 Å². The summed E-state index contributed by atoms with van der Waals surface area (Å²) in [7, 11) is 0. The van der Waals surface area contributed by atoms with Crippen molar-refractivity contribution in [1.82, 2.24) is 19.8 Å². The second-order valence-corrected chi connectivity index (χ2v) is 7.41. The zero-order chi connectivity index (χ0) is 13.8. The summed E-state index contributed by atoms with van der Waals surface area (Å²) in [4.78, 5) is 2.15. The van der Waals surface area contributed by atoms with Gasteiger partial charge in [0.15, 0.2) is 5.82 Å². The van der Waals surface area contributed by atoms with E-state index in [4.69, 9.17) is 0 Å². The second kappa shape index (κ2) is 6.60. The molecule has 0 spiro atoms. The lowest BCUT2D eigenvalue weighted by Crippen LogP contribution is -1.94. The quantitative estimate of drug-likeness (QED) is 0.647. The van der Waals surface area contributed by atoms with Crippen LogP contribution in [0.25, 0.3) is 4.96 Å². The molecule has 0 saturated heterocycles. The summed E-state index contributed by atoms with van der Waals surface area (Å²) in [6, 6.07) is 10.4. The molecule has 0 aliphatic heterocycles. The van der Waals surface area contributed by atoms with Crippen LogP contribution in [0.15, 0.2) is 35.2 Å². The maximum absolute atomic E-state index is 4.62. The highest BCUT2D eigenvalue weighted by Crippen LogP contribution is 2.25. The average molecular weight is 322 g/mol. The first-order valence-corrected chi connectivity index (χ1v) is 9.28. The number of thioether (sulfide) groups is 2. The minimum Gasteiger partial charge on any atom is -0.186 e. The monoisotopic (exact) mass is 322 g/mol. The van der Waals surface area contributed by atoms with E-state index in [0.29, 0.717) is 0 Å². The summed E-state index contributed by atoms with van der Waals surface area (Å²) >= 11 is 5.25. The molecule has 1 aromatic carbocycles. The molecule has 0 unspecified atom stereocenters. The van der Waals surface area contributed by atoms with Crippen molar-refractivity contribution >= 4 is 39.8 Å².